The Bertz CT molecular complexity index is 446. The number of likely N-dealkylation sites (N-methyl/N-ethyl adjacent to an activating group) is 1. The normalized spacial score (nSPS) is 11.8. The Morgan fingerprint density at radius 2 is 2.06 bits per heavy atom. The fraction of sp³-hybridized carbons (Fsp3) is 0.462. The van der Waals surface area contributed by atoms with Gasteiger partial charge in [0.05, 0.1) is 0 Å². The van der Waals surface area contributed by atoms with E-state index in [2.05, 4.69) is 15.9 Å². The van der Waals surface area contributed by atoms with Crippen molar-refractivity contribution in [3.63, 3.8) is 0 Å². The van der Waals surface area contributed by atoms with Gasteiger partial charge < -0.3 is 10.2 Å². The van der Waals surface area contributed by atoms with E-state index in [1.54, 1.807) is 36.9 Å². The molecule has 1 aromatic carbocycles. The molecule has 0 unspecified atom stereocenters. The van der Waals surface area contributed by atoms with Gasteiger partial charge in [-0.2, -0.15) is 0 Å². The fourth-order valence-corrected chi connectivity index (χ4v) is 2.13. The summed E-state index contributed by atoms with van der Waals surface area (Å²) in [6.07, 6.45) is 0. The molecule has 1 aromatic rings. The lowest BCUT2D eigenvalue weighted by atomic mass is 10.0. The van der Waals surface area contributed by atoms with E-state index in [0.29, 0.717) is 18.7 Å². The van der Waals surface area contributed by atoms with Crippen LogP contribution in [0.3, 0.4) is 0 Å². The molecule has 0 aliphatic carbocycles. The molecule has 0 bridgehead atoms. The van der Waals surface area contributed by atoms with Crippen LogP contribution in [0.5, 0.6) is 5.75 Å². The molecule has 5 heteroatoms. The largest absolute Gasteiger partial charge is 0.508 e. The zero-order valence-corrected chi connectivity index (χ0v) is 12.4. The molecule has 0 atom stereocenters. The summed E-state index contributed by atoms with van der Waals surface area (Å²) in [5.41, 5.74) is -0.260. The Balaban J connectivity index is 3.00. The average Bonchev–Trinajstić information content (AvgIpc) is 2.29. The highest BCUT2D eigenvalue weighted by Gasteiger charge is 2.33. The molecular formula is C13H18BrNO3. The van der Waals surface area contributed by atoms with Crippen molar-refractivity contribution in [1.29, 1.82) is 0 Å². The second-order valence-electron chi connectivity index (χ2n) is 4.65. The first-order chi connectivity index (χ1) is 8.28. The molecule has 0 aliphatic heterocycles. The first kappa shape index (κ1) is 15.0. The quantitative estimate of drug-likeness (QED) is 0.877. The predicted octanol–water partition coefficient (Wildman–Crippen LogP) is 2.84. The van der Waals surface area contributed by atoms with Gasteiger partial charge >= 0.3 is 5.97 Å². The molecule has 0 saturated carbocycles. The maximum Gasteiger partial charge on any atom is 0.323 e. The molecule has 0 amide bonds. The smallest absolute Gasteiger partial charge is 0.323 e. The average molecular weight is 316 g/mol. The lowest BCUT2D eigenvalue weighted by Gasteiger charge is -2.34. The first-order valence-electron chi connectivity index (χ1n) is 5.75. The highest BCUT2D eigenvalue weighted by Crippen LogP contribution is 2.26. The molecule has 0 radical (unpaired) electrons. The van der Waals surface area contributed by atoms with E-state index < -0.39 is 11.5 Å². The third kappa shape index (κ3) is 3.23. The van der Waals surface area contributed by atoms with Gasteiger partial charge in [-0.1, -0.05) is 22.9 Å². The van der Waals surface area contributed by atoms with E-state index in [0.717, 1.165) is 4.47 Å². The number of aromatic hydroxyl groups is 1. The van der Waals surface area contributed by atoms with Crippen LogP contribution in [-0.4, -0.2) is 33.2 Å². The van der Waals surface area contributed by atoms with E-state index in [1.165, 1.54) is 0 Å². The zero-order valence-electron chi connectivity index (χ0n) is 10.8. The number of hydrogen-bond acceptors (Lipinski definition) is 3. The van der Waals surface area contributed by atoms with Gasteiger partial charge in [0.15, 0.2) is 0 Å². The lowest BCUT2D eigenvalue weighted by molar-refractivity contribution is -0.149. The van der Waals surface area contributed by atoms with E-state index >= 15 is 0 Å². The Morgan fingerprint density at radius 1 is 1.44 bits per heavy atom. The van der Waals surface area contributed by atoms with Gasteiger partial charge in [0.2, 0.25) is 0 Å². The minimum Gasteiger partial charge on any atom is -0.508 e. The third-order valence-electron chi connectivity index (χ3n) is 3.10. The number of carboxylic acid groups (broad SMARTS) is 1. The van der Waals surface area contributed by atoms with Crippen molar-refractivity contribution in [2.45, 2.75) is 32.9 Å². The van der Waals surface area contributed by atoms with E-state index in [9.17, 15) is 15.0 Å². The van der Waals surface area contributed by atoms with Crippen molar-refractivity contribution < 1.29 is 15.0 Å². The molecule has 4 nitrogen and oxygen atoms in total. The van der Waals surface area contributed by atoms with Gasteiger partial charge in [-0.05, 0) is 38.6 Å². The molecule has 1 rings (SSSR count). The molecule has 2 N–H and O–H groups in total. The minimum atomic E-state index is -0.969. The Hall–Kier alpha value is -1.07. The maximum absolute atomic E-state index is 11.3. The van der Waals surface area contributed by atoms with Crippen LogP contribution in [0.2, 0.25) is 0 Å². The van der Waals surface area contributed by atoms with Crippen molar-refractivity contribution in [2.24, 2.45) is 0 Å². The minimum absolute atomic E-state index is 0.179. The second-order valence-corrected chi connectivity index (χ2v) is 5.57. The standard InChI is InChI=1S/C13H18BrNO3/c1-4-15(13(2,3)12(17)18)8-9-7-10(14)5-6-11(9)16/h5-7,16H,4,8H2,1-3H3,(H,17,18). The summed E-state index contributed by atoms with van der Waals surface area (Å²) in [5.74, 6) is -0.698. The van der Waals surface area contributed by atoms with Crippen LogP contribution in [0.15, 0.2) is 22.7 Å². The highest BCUT2D eigenvalue weighted by molar-refractivity contribution is 9.10. The van der Waals surface area contributed by atoms with Crippen molar-refractivity contribution >= 4 is 21.9 Å². The van der Waals surface area contributed by atoms with Crippen LogP contribution in [0.1, 0.15) is 26.3 Å². The van der Waals surface area contributed by atoms with Gasteiger partial charge in [-0.3, -0.25) is 9.69 Å². The zero-order chi connectivity index (χ0) is 13.9. The molecule has 0 aliphatic rings. The highest BCUT2D eigenvalue weighted by atomic mass is 79.9. The number of halogens is 1. The summed E-state index contributed by atoms with van der Waals surface area (Å²) < 4.78 is 0.861. The van der Waals surface area contributed by atoms with Crippen LogP contribution >= 0.6 is 15.9 Å². The van der Waals surface area contributed by atoms with Crippen molar-refractivity contribution in [3.05, 3.63) is 28.2 Å². The number of aliphatic carboxylic acids is 1. The molecule has 0 fully saturated rings. The fourth-order valence-electron chi connectivity index (χ4n) is 1.73. The summed E-state index contributed by atoms with van der Waals surface area (Å²) in [4.78, 5) is 13.1. The number of hydrogen-bond donors (Lipinski definition) is 2. The number of rotatable bonds is 5. The topological polar surface area (TPSA) is 60.8 Å². The SMILES string of the molecule is CCN(Cc1cc(Br)ccc1O)C(C)(C)C(=O)O. The van der Waals surface area contributed by atoms with Gasteiger partial charge in [-0.15, -0.1) is 0 Å². The Kier molecular flexibility index (Phi) is 4.76. The van der Waals surface area contributed by atoms with Crippen LogP contribution in [0.4, 0.5) is 0 Å². The number of phenols is 1. The Morgan fingerprint density at radius 3 is 2.56 bits per heavy atom. The van der Waals surface area contributed by atoms with Crippen molar-refractivity contribution in [1.82, 2.24) is 4.90 Å². The summed E-state index contributed by atoms with van der Waals surface area (Å²) >= 11 is 3.34. The van der Waals surface area contributed by atoms with Gasteiger partial charge in [0, 0.05) is 16.6 Å². The van der Waals surface area contributed by atoms with Gasteiger partial charge in [0.1, 0.15) is 11.3 Å². The van der Waals surface area contributed by atoms with Crippen LogP contribution < -0.4 is 0 Å². The van der Waals surface area contributed by atoms with Gasteiger partial charge in [-0.25, -0.2) is 0 Å². The molecule has 18 heavy (non-hydrogen) atoms. The Labute approximate surface area is 115 Å². The monoisotopic (exact) mass is 315 g/mol. The number of benzene rings is 1. The summed E-state index contributed by atoms with van der Waals surface area (Å²) in [7, 11) is 0. The molecule has 0 spiro atoms. The van der Waals surface area contributed by atoms with Crippen LogP contribution in [0, 0.1) is 0 Å². The first-order valence-corrected chi connectivity index (χ1v) is 6.54. The maximum atomic E-state index is 11.3. The second kappa shape index (κ2) is 5.71. The number of carboxylic acids is 1. The van der Waals surface area contributed by atoms with E-state index in [4.69, 9.17) is 0 Å². The van der Waals surface area contributed by atoms with Crippen LogP contribution in [-0.2, 0) is 11.3 Å². The van der Waals surface area contributed by atoms with E-state index in [-0.39, 0.29) is 5.75 Å². The molecule has 0 heterocycles. The molecule has 0 saturated heterocycles. The van der Waals surface area contributed by atoms with Crippen molar-refractivity contribution in [2.75, 3.05) is 6.54 Å². The third-order valence-corrected chi connectivity index (χ3v) is 3.59. The number of carbonyl (C=O) groups is 1. The van der Waals surface area contributed by atoms with Crippen LogP contribution in [0.25, 0.3) is 0 Å². The summed E-state index contributed by atoms with van der Waals surface area (Å²) in [5, 5.41) is 19.0. The number of phenolic OH excluding ortho intramolecular Hbond substituents is 1. The lowest BCUT2D eigenvalue weighted by Crippen LogP contribution is -2.49. The van der Waals surface area contributed by atoms with Gasteiger partial charge in [0.25, 0.3) is 0 Å². The molecule has 100 valence electrons. The summed E-state index contributed by atoms with van der Waals surface area (Å²) in [6.45, 7) is 6.20. The predicted molar refractivity (Wildman–Crippen MR) is 73.6 cm³/mol. The number of nitrogens with zero attached hydrogens (tertiary/aromatic N) is 1. The molecule has 0 aromatic heterocycles. The molecular weight excluding hydrogens is 298 g/mol. The summed E-state index contributed by atoms with van der Waals surface area (Å²) in [6, 6.07) is 5.15. The van der Waals surface area contributed by atoms with E-state index in [1.807, 2.05) is 6.92 Å². The van der Waals surface area contributed by atoms with Crippen molar-refractivity contribution in [3.8, 4) is 5.75 Å².